The van der Waals surface area contributed by atoms with Crippen molar-refractivity contribution in [3.05, 3.63) is 0 Å². The molecule has 0 aromatic heterocycles. The molecular weight excluding hydrogens is 248 g/mol. The zero-order chi connectivity index (χ0) is 14.6. The molecular formula is C17H34N2O. The van der Waals surface area contributed by atoms with Gasteiger partial charge in [-0.25, -0.2) is 0 Å². The first-order valence-electron chi connectivity index (χ1n) is 8.60. The lowest BCUT2D eigenvalue weighted by atomic mass is 9.88. The van der Waals surface area contributed by atoms with Crippen molar-refractivity contribution in [1.82, 2.24) is 9.80 Å². The Labute approximate surface area is 125 Å². The molecule has 0 amide bonds. The molecule has 0 saturated carbocycles. The average Bonchev–Trinajstić information content (AvgIpc) is 2.49. The number of hydrogen-bond acceptors (Lipinski definition) is 3. The van der Waals surface area contributed by atoms with Gasteiger partial charge in [0.15, 0.2) is 0 Å². The molecule has 0 aromatic carbocycles. The smallest absolute Gasteiger partial charge is 0.0829 e. The lowest BCUT2D eigenvalue weighted by Crippen LogP contribution is -2.54. The highest BCUT2D eigenvalue weighted by Gasteiger charge is 2.37. The molecule has 2 rings (SSSR count). The number of rotatable bonds is 5. The normalized spacial score (nSPS) is 27.6. The largest absolute Gasteiger partial charge is 0.377 e. The van der Waals surface area contributed by atoms with Gasteiger partial charge in [-0.05, 0) is 58.0 Å². The van der Waals surface area contributed by atoms with Crippen molar-refractivity contribution >= 4 is 0 Å². The van der Waals surface area contributed by atoms with Crippen LogP contribution in [0.1, 0.15) is 52.9 Å². The van der Waals surface area contributed by atoms with Crippen LogP contribution in [-0.4, -0.2) is 61.3 Å². The van der Waals surface area contributed by atoms with Crippen LogP contribution < -0.4 is 0 Å². The molecule has 2 fully saturated rings. The molecule has 3 heteroatoms. The van der Waals surface area contributed by atoms with Crippen molar-refractivity contribution in [3.8, 4) is 0 Å². The van der Waals surface area contributed by atoms with Crippen LogP contribution in [0.25, 0.3) is 0 Å². The van der Waals surface area contributed by atoms with Gasteiger partial charge in [0.05, 0.1) is 5.60 Å². The van der Waals surface area contributed by atoms with Crippen LogP contribution in [-0.2, 0) is 4.74 Å². The second kappa shape index (κ2) is 7.24. The van der Waals surface area contributed by atoms with Crippen molar-refractivity contribution in [3.63, 3.8) is 0 Å². The van der Waals surface area contributed by atoms with Gasteiger partial charge < -0.3 is 14.5 Å². The average molecular weight is 282 g/mol. The third-order valence-electron chi connectivity index (χ3n) is 5.74. The fourth-order valence-corrected chi connectivity index (χ4v) is 3.68. The fraction of sp³-hybridized carbons (Fsp3) is 1.00. The third kappa shape index (κ3) is 3.96. The molecule has 0 aliphatic carbocycles. The highest BCUT2D eigenvalue weighted by atomic mass is 16.5. The summed E-state index contributed by atoms with van der Waals surface area (Å²) in [5.41, 5.74) is 0.116. The number of nitrogens with zero attached hydrogens (tertiary/aromatic N) is 2. The van der Waals surface area contributed by atoms with E-state index in [0.29, 0.717) is 0 Å². The Kier molecular flexibility index (Phi) is 5.88. The Bertz CT molecular complexity index is 279. The monoisotopic (exact) mass is 282 g/mol. The molecule has 1 atom stereocenters. The van der Waals surface area contributed by atoms with E-state index in [9.17, 15) is 0 Å². The van der Waals surface area contributed by atoms with Gasteiger partial charge in [-0.15, -0.1) is 0 Å². The third-order valence-corrected chi connectivity index (χ3v) is 5.74. The van der Waals surface area contributed by atoms with Crippen LogP contribution in [0.4, 0.5) is 0 Å². The molecule has 0 N–H and O–H groups in total. The number of likely N-dealkylation sites (tertiary alicyclic amines) is 2. The summed E-state index contributed by atoms with van der Waals surface area (Å²) in [5, 5.41) is 0. The van der Waals surface area contributed by atoms with Gasteiger partial charge in [-0.1, -0.05) is 13.8 Å². The lowest BCUT2D eigenvalue weighted by Gasteiger charge is -2.46. The van der Waals surface area contributed by atoms with E-state index in [-0.39, 0.29) is 5.60 Å². The molecule has 118 valence electrons. The summed E-state index contributed by atoms with van der Waals surface area (Å²) >= 11 is 0. The lowest BCUT2D eigenvalue weighted by molar-refractivity contribution is -0.0843. The summed E-state index contributed by atoms with van der Waals surface area (Å²) in [6.45, 7) is 13.1. The first-order chi connectivity index (χ1) is 9.58. The minimum absolute atomic E-state index is 0.116. The van der Waals surface area contributed by atoms with Crippen molar-refractivity contribution in [2.24, 2.45) is 5.92 Å². The van der Waals surface area contributed by atoms with E-state index in [1.54, 1.807) is 0 Å². The summed E-state index contributed by atoms with van der Waals surface area (Å²) in [7, 11) is 1.92. The predicted molar refractivity (Wildman–Crippen MR) is 85.1 cm³/mol. The molecule has 0 aromatic rings. The Balaban J connectivity index is 1.85. The highest BCUT2D eigenvalue weighted by Crippen LogP contribution is 2.29. The maximum Gasteiger partial charge on any atom is 0.0829 e. The Morgan fingerprint density at radius 1 is 1.15 bits per heavy atom. The van der Waals surface area contributed by atoms with Gasteiger partial charge in [-0.2, -0.15) is 0 Å². The van der Waals surface area contributed by atoms with E-state index in [4.69, 9.17) is 4.74 Å². The molecule has 2 heterocycles. The van der Waals surface area contributed by atoms with Gasteiger partial charge in [0.1, 0.15) is 0 Å². The van der Waals surface area contributed by atoms with Crippen LogP contribution in [0.3, 0.4) is 0 Å². The summed E-state index contributed by atoms with van der Waals surface area (Å²) in [5.74, 6) is 0.914. The Morgan fingerprint density at radius 3 is 2.25 bits per heavy atom. The predicted octanol–water partition coefficient (Wildman–Crippen LogP) is 3.00. The van der Waals surface area contributed by atoms with Crippen molar-refractivity contribution in [2.75, 3.05) is 39.8 Å². The first kappa shape index (κ1) is 16.3. The second-order valence-electron chi connectivity index (χ2n) is 7.14. The Morgan fingerprint density at radius 2 is 1.75 bits per heavy atom. The zero-order valence-corrected chi connectivity index (χ0v) is 14.0. The first-order valence-corrected chi connectivity index (χ1v) is 8.60. The number of ether oxygens (including phenoxy) is 1. The summed E-state index contributed by atoms with van der Waals surface area (Å²) < 4.78 is 6.00. The van der Waals surface area contributed by atoms with Crippen LogP contribution in [0.15, 0.2) is 0 Å². The maximum absolute atomic E-state index is 6.00. The molecule has 0 radical (unpaired) electrons. The quantitative estimate of drug-likeness (QED) is 0.771. The topological polar surface area (TPSA) is 15.7 Å². The van der Waals surface area contributed by atoms with Gasteiger partial charge >= 0.3 is 0 Å². The van der Waals surface area contributed by atoms with E-state index in [2.05, 4.69) is 30.6 Å². The second-order valence-corrected chi connectivity index (χ2v) is 7.14. The van der Waals surface area contributed by atoms with Crippen molar-refractivity contribution < 1.29 is 4.74 Å². The highest BCUT2D eigenvalue weighted by molar-refractivity contribution is 4.92. The molecule has 2 saturated heterocycles. The molecule has 0 bridgehead atoms. The van der Waals surface area contributed by atoms with Gasteiger partial charge in [0.2, 0.25) is 0 Å². The number of hydrogen-bond donors (Lipinski definition) is 0. The van der Waals surface area contributed by atoms with Crippen LogP contribution in [0.5, 0.6) is 0 Å². The molecule has 2 aliphatic heterocycles. The zero-order valence-electron chi connectivity index (χ0n) is 14.0. The van der Waals surface area contributed by atoms with E-state index < -0.39 is 0 Å². The van der Waals surface area contributed by atoms with Crippen LogP contribution >= 0.6 is 0 Å². The molecule has 1 unspecified atom stereocenters. The van der Waals surface area contributed by atoms with Crippen molar-refractivity contribution in [2.45, 2.75) is 64.5 Å². The van der Waals surface area contributed by atoms with Crippen molar-refractivity contribution in [1.29, 1.82) is 0 Å². The molecule has 20 heavy (non-hydrogen) atoms. The minimum Gasteiger partial charge on any atom is -0.377 e. The SMILES string of the molecule is CCC(C)N1CCC(CN2CCC(C)CC2)(OC)CC1. The minimum atomic E-state index is 0.116. The van der Waals surface area contributed by atoms with Gasteiger partial charge in [0.25, 0.3) is 0 Å². The van der Waals surface area contributed by atoms with Gasteiger partial charge in [-0.3, -0.25) is 0 Å². The molecule has 0 spiro atoms. The fourth-order valence-electron chi connectivity index (χ4n) is 3.68. The summed E-state index contributed by atoms with van der Waals surface area (Å²) in [4.78, 5) is 5.28. The number of methoxy groups -OCH3 is 1. The summed E-state index contributed by atoms with van der Waals surface area (Å²) in [6.07, 6.45) is 6.36. The van der Waals surface area contributed by atoms with Crippen LogP contribution in [0, 0.1) is 5.92 Å². The van der Waals surface area contributed by atoms with E-state index in [1.165, 1.54) is 58.3 Å². The van der Waals surface area contributed by atoms with Gasteiger partial charge in [0, 0.05) is 32.8 Å². The van der Waals surface area contributed by atoms with Crippen LogP contribution in [0.2, 0.25) is 0 Å². The maximum atomic E-state index is 6.00. The Hall–Kier alpha value is -0.120. The van der Waals surface area contributed by atoms with E-state index >= 15 is 0 Å². The number of piperidine rings is 2. The standard InChI is InChI=1S/C17H34N2O/c1-5-16(3)19-12-8-17(20-4,9-13-19)14-18-10-6-15(2)7-11-18/h15-16H,5-14H2,1-4H3. The van der Waals surface area contributed by atoms with E-state index in [0.717, 1.165) is 18.5 Å². The molecule has 3 nitrogen and oxygen atoms in total. The summed E-state index contributed by atoms with van der Waals surface area (Å²) in [6, 6.07) is 0.723. The molecule has 2 aliphatic rings. The van der Waals surface area contributed by atoms with E-state index in [1.807, 2.05) is 7.11 Å².